The summed E-state index contributed by atoms with van der Waals surface area (Å²) in [5, 5.41) is 0.684. The molecule has 0 fully saturated rings. The summed E-state index contributed by atoms with van der Waals surface area (Å²) in [5.74, 6) is -0.263. The van der Waals surface area contributed by atoms with Gasteiger partial charge in [0.05, 0.1) is 5.69 Å². The van der Waals surface area contributed by atoms with Crippen LogP contribution in [0.1, 0.15) is 31.3 Å². The summed E-state index contributed by atoms with van der Waals surface area (Å²) >= 11 is 4.83. The number of halogens is 2. The lowest BCUT2D eigenvalue weighted by Gasteiger charge is -2.16. The highest BCUT2D eigenvalue weighted by Crippen LogP contribution is 2.36. The fourth-order valence-corrected chi connectivity index (χ4v) is 3.38. The summed E-state index contributed by atoms with van der Waals surface area (Å²) in [4.78, 5) is 5.62. The smallest absolute Gasteiger partial charge is 0.133 e. The third kappa shape index (κ3) is 3.04. The predicted octanol–water partition coefficient (Wildman–Crippen LogP) is 4.47. The molecule has 2 rings (SSSR count). The maximum Gasteiger partial charge on any atom is 0.133 e. The van der Waals surface area contributed by atoms with Crippen LogP contribution < -0.4 is 5.73 Å². The van der Waals surface area contributed by atoms with Crippen LogP contribution in [0.2, 0.25) is 0 Å². The van der Waals surface area contributed by atoms with Crippen LogP contribution in [0.15, 0.2) is 22.7 Å². The fraction of sp³-hybridized carbons (Fsp3) is 0.357. The van der Waals surface area contributed by atoms with Crippen LogP contribution in [-0.2, 0) is 12.0 Å². The Morgan fingerprint density at radius 1 is 1.37 bits per heavy atom. The van der Waals surface area contributed by atoms with Crippen LogP contribution in [0.5, 0.6) is 0 Å². The second kappa shape index (κ2) is 5.31. The maximum atomic E-state index is 13.9. The average Bonchev–Trinajstić information content (AvgIpc) is 2.76. The normalized spacial score (nSPS) is 11.9. The molecular weight excluding hydrogens is 327 g/mol. The van der Waals surface area contributed by atoms with E-state index in [1.165, 1.54) is 17.4 Å². The summed E-state index contributed by atoms with van der Waals surface area (Å²) in [6.45, 7) is 6.69. The van der Waals surface area contributed by atoms with E-state index in [4.69, 9.17) is 5.73 Å². The largest absolute Gasteiger partial charge is 0.326 e. The Labute approximate surface area is 125 Å². The molecule has 2 aromatic rings. The number of nitrogens with two attached hydrogens (primary N) is 1. The van der Waals surface area contributed by atoms with Crippen LogP contribution in [0, 0.1) is 5.82 Å². The fourth-order valence-electron chi connectivity index (χ4n) is 1.85. The van der Waals surface area contributed by atoms with Gasteiger partial charge in [-0.1, -0.05) is 36.7 Å². The molecule has 19 heavy (non-hydrogen) atoms. The monoisotopic (exact) mass is 342 g/mol. The SMILES string of the molecule is CC(C)(C)c1nc(-c2cc(Br)ccc2F)sc1CN. The van der Waals surface area contributed by atoms with Gasteiger partial charge in [0, 0.05) is 26.9 Å². The van der Waals surface area contributed by atoms with Gasteiger partial charge < -0.3 is 5.73 Å². The van der Waals surface area contributed by atoms with E-state index in [9.17, 15) is 4.39 Å². The predicted molar refractivity (Wildman–Crippen MR) is 81.8 cm³/mol. The Morgan fingerprint density at radius 2 is 2.05 bits per heavy atom. The molecule has 1 heterocycles. The molecule has 0 saturated carbocycles. The van der Waals surface area contributed by atoms with Crippen LogP contribution in [0.4, 0.5) is 4.39 Å². The van der Waals surface area contributed by atoms with Gasteiger partial charge >= 0.3 is 0 Å². The Morgan fingerprint density at radius 3 is 2.58 bits per heavy atom. The molecule has 0 aliphatic carbocycles. The standard InChI is InChI=1S/C14H16BrFN2S/c1-14(2,3)12-11(7-17)19-13(18-12)9-6-8(15)4-5-10(9)16/h4-6H,7,17H2,1-3H3. The van der Waals surface area contributed by atoms with E-state index in [0.29, 0.717) is 17.1 Å². The highest BCUT2D eigenvalue weighted by Gasteiger charge is 2.23. The van der Waals surface area contributed by atoms with Crippen molar-refractivity contribution >= 4 is 27.3 Å². The molecule has 1 aromatic carbocycles. The third-order valence-electron chi connectivity index (χ3n) is 2.75. The summed E-state index contributed by atoms with van der Waals surface area (Å²) in [5.41, 5.74) is 7.15. The zero-order chi connectivity index (χ0) is 14.2. The minimum absolute atomic E-state index is 0.0913. The zero-order valence-electron chi connectivity index (χ0n) is 11.1. The molecule has 0 atom stereocenters. The molecule has 0 aliphatic heterocycles. The molecule has 2 nitrogen and oxygen atoms in total. The van der Waals surface area contributed by atoms with Crippen molar-refractivity contribution in [2.24, 2.45) is 5.73 Å². The second-order valence-corrected chi connectivity index (χ2v) is 7.37. The van der Waals surface area contributed by atoms with E-state index in [2.05, 4.69) is 41.7 Å². The second-order valence-electron chi connectivity index (χ2n) is 5.37. The maximum absolute atomic E-state index is 13.9. The Hall–Kier alpha value is -0.780. The van der Waals surface area contributed by atoms with E-state index >= 15 is 0 Å². The van der Waals surface area contributed by atoms with Gasteiger partial charge in [-0.05, 0) is 18.2 Å². The van der Waals surface area contributed by atoms with Gasteiger partial charge in [0.1, 0.15) is 10.8 Å². The van der Waals surface area contributed by atoms with Crippen LogP contribution in [0.3, 0.4) is 0 Å². The van der Waals surface area contributed by atoms with Crippen LogP contribution >= 0.6 is 27.3 Å². The molecule has 0 spiro atoms. The van der Waals surface area contributed by atoms with Crippen LogP contribution in [0.25, 0.3) is 10.6 Å². The zero-order valence-corrected chi connectivity index (χ0v) is 13.5. The number of aromatic nitrogens is 1. The lowest BCUT2D eigenvalue weighted by Crippen LogP contribution is -2.15. The van der Waals surface area contributed by atoms with Gasteiger partial charge in [-0.3, -0.25) is 0 Å². The molecule has 0 amide bonds. The molecule has 102 valence electrons. The molecule has 2 N–H and O–H groups in total. The van der Waals surface area contributed by atoms with Crippen molar-refractivity contribution in [3.05, 3.63) is 39.1 Å². The average molecular weight is 343 g/mol. The molecule has 0 unspecified atom stereocenters. The number of rotatable bonds is 2. The highest BCUT2D eigenvalue weighted by molar-refractivity contribution is 9.10. The highest BCUT2D eigenvalue weighted by atomic mass is 79.9. The summed E-state index contributed by atoms with van der Waals surface area (Å²) < 4.78 is 14.7. The summed E-state index contributed by atoms with van der Waals surface area (Å²) in [6.07, 6.45) is 0. The Bertz CT molecular complexity index is 602. The molecule has 0 aliphatic rings. The van der Waals surface area contributed by atoms with Gasteiger partial charge in [-0.15, -0.1) is 11.3 Å². The number of nitrogens with zero attached hydrogens (tertiary/aromatic N) is 1. The topological polar surface area (TPSA) is 38.9 Å². The molecular formula is C14H16BrFN2S. The van der Waals surface area contributed by atoms with Crippen molar-refractivity contribution in [1.29, 1.82) is 0 Å². The number of benzene rings is 1. The van der Waals surface area contributed by atoms with E-state index in [1.807, 2.05) is 0 Å². The summed E-state index contributed by atoms with van der Waals surface area (Å²) in [7, 11) is 0. The lowest BCUT2D eigenvalue weighted by molar-refractivity contribution is 0.566. The third-order valence-corrected chi connectivity index (χ3v) is 4.36. The molecule has 0 bridgehead atoms. The van der Waals surface area contributed by atoms with Crippen LogP contribution in [-0.4, -0.2) is 4.98 Å². The molecule has 0 radical (unpaired) electrons. The van der Waals surface area contributed by atoms with Gasteiger partial charge in [0.15, 0.2) is 0 Å². The first-order chi connectivity index (χ1) is 8.82. The van der Waals surface area contributed by atoms with Crippen molar-refractivity contribution in [2.45, 2.75) is 32.7 Å². The van der Waals surface area contributed by atoms with Gasteiger partial charge in [-0.25, -0.2) is 9.37 Å². The van der Waals surface area contributed by atoms with Crippen molar-refractivity contribution in [2.75, 3.05) is 0 Å². The first-order valence-corrected chi connectivity index (χ1v) is 7.59. The number of hydrogen-bond acceptors (Lipinski definition) is 3. The summed E-state index contributed by atoms with van der Waals surface area (Å²) in [6, 6.07) is 4.88. The first kappa shape index (κ1) is 14.6. The molecule has 1 aromatic heterocycles. The van der Waals surface area contributed by atoms with Crippen molar-refractivity contribution in [3.8, 4) is 10.6 Å². The van der Waals surface area contributed by atoms with Gasteiger partial charge in [0.25, 0.3) is 0 Å². The van der Waals surface area contributed by atoms with Crippen molar-refractivity contribution in [3.63, 3.8) is 0 Å². The van der Waals surface area contributed by atoms with Crippen molar-refractivity contribution in [1.82, 2.24) is 4.98 Å². The molecule has 5 heteroatoms. The number of hydrogen-bond donors (Lipinski definition) is 1. The Balaban J connectivity index is 2.58. The lowest BCUT2D eigenvalue weighted by atomic mass is 9.91. The van der Waals surface area contributed by atoms with E-state index < -0.39 is 0 Å². The number of thiazole rings is 1. The van der Waals surface area contributed by atoms with E-state index in [1.54, 1.807) is 12.1 Å². The van der Waals surface area contributed by atoms with E-state index in [0.717, 1.165) is 15.0 Å². The minimum atomic E-state index is -0.263. The Kier molecular flexibility index (Phi) is 4.08. The van der Waals surface area contributed by atoms with Crippen molar-refractivity contribution < 1.29 is 4.39 Å². The minimum Gasteiger partial charge on any atom is -0.326 e. The van der Waals surface area contributed by atoms with Gasteiger partial charge in [0.2, 0.25) is 0 Å². The molecule has 0 saturated heterocycles. The van der Waals surface area contributed by atoms with Gasteiger partial charge in [-0.2, -0.15) is 0 Å². The quantitative estimate of drug-likeness (QED) is 0.874. The first-order valence-electron chi connectivity index (χ1n) is 5.98. The van der Waals surface area contributed by atoms with E-state index in [-0.39, 0.29) is 11.2 Å².